The number of halogens is 1. The van der Waals surface area contributed by atoms with E-state index >= 15 is 0 Å². The van der Waals surface area contributed by atoms with Crippen molar-refractivity contribution in [2.45, 2.75) is 55.6 Å². The molecule has 33 heavy (non-hydrogen) atoms. The van der Waals surface area contributed by atoms with E-state index < -0.39 is 16.4 Å². The van der Waals surface area contributed by atoms with E-state index in [1.807, 2.05) is 31.3 Å². The van der Waals surface area contributed by atoms with Crippen LogP contribution >= 0.6 is 11.6 Å². The molecule has 7 nitrogen and oxygen atoms in total. The molecule has 3 heterocycles. The van der Waals surface area contributed by atoms with Gasteiger partial charge in [-0.1, -0.05) is 30.7 Å². The number of aromatic nitrogens is 2. The van der Waals surface area contributed by atoms with E-state index in [0.717, 1.165) is 67.3 Å². The van der Waals surface area contributed by atoms with Gasteiger partial charge in [-0.25, -0.2) is 4.98 Å². The van der Waals surface area contributed by atoms with Crippen molar-refractivity contribution in [1.82, 2.24) is 9.97 Å². The molecule has 1 aromatic heterocycles. The average molecular weight is 493 g/mol. The van der Waals surface area contributed by atoms with Crippen LogP contribution < -0.4 is 10.2 Å². The summed E-state index contributed by atoms with van der Waals surface area (Å²) in [6.07, 6.45) is 4.16. The summed E-state index contributed by atoms with van der Waals surface area (Å²) in [5, 5.41) is 4.26. The molecule has 180 valence electrons. The fourth-order valence-electron chi connectivity index (χ4n) is 4.58. The average Bonchev–Trinajstić information content (AvgIpc) is 3.22. The second kappa shape index (κ2) is 10.7. The van der Waals surface area contributed by atoms with Gasteiger partial charge >= 0.3 is 0 Å². The van der Waals surface area contributed by atoms with E-state index in [0.29, 0.717) is 23.3 Å². The van der Waals surface area contributed by atoms with Gasteiger partial charge in [-0.3, -0.25) is 4.21 Å². The minimum atomic E-state index is -1.05. The first kappa shape index (κ1) is 24.4. The Morgan fingerprint density at radius 1 is 1.27 bits per heavy atom. The number of rotatable bonds is 9. The summed E-state index contributed by atoms with van der Waals surface area (Å²) in [6, 6.07) is 8.16. The van der Waals surface area contributed by atoms with Crippen LogP contribution in [0.5, 0.6) is 0 Å². The van der Waals surface area contributed by atoms with Crippen molar-refractivity contribution in [2.24, 2.45) is 0 Å². The van der Waals surface area contributed by atoms with Crippen LogP contribution in [0.2, 0.25) is 5.02 Å². The van der Waals surface area contributed by atoms with E-state index in [1.165, 1.54) is 0 Å². The van der Waals surface area contributed by atoms with E-state index in [-0.39, 0.29) is 6.04 Å². The van der Waals surface area contributed by atoms with Crippen molar-refractivity contribution in [3.8, 4) is 0 Å². The molecule has 1 N–H and O–H groups in total. The maximum Gasteiger partial charge on any atom is 0.227 e. The molecule has 2 aromatic rings. The number of aryl methyl sites for hydroxylation is 1. The number of nitrogens with zero attached hydrogens (tertiary/aromatic N) is 3. The highest BCUT2D eigenvalue weighted by Gasteiger charge is 2.32. The maximum atomic E-state index is 12.7. The highest BCUT2D eigenvalue weighted by Crippen LogP contribution is 2.35. The molecule has 0 bridgehead atoms. The fourth-order valence-corrected chi connectivity index (χ4v) is 6.02. The fraction of sp³-hybridized carbons (Fsp3) is 0.583. The van der Waals surface area contributed by atoms with Gasteiger partial charge in [0, 0.05) is 57.2 Å². The molecule has 2 aliphatic rings. The summed E-state index contributed by atoms with van der Waals surface area (Å²) in [4.78, 5) is 12.5. The molecule has 0 spiro atoms. The Morgan fingerprint density at radius 3 is 2.67 bits per heavy atom. The van der Waals surface area contributed by atoms with Gasteiger partial charge in [0.2, 0.25) is 5.95 Å². The van der Waals surface area contributed by atoms with E-state index in [1.54, 1.807) is 7.11 Å². The van der Waals surface area contributed by atoms with Gasteiger partial charge in [0.25, 0.3) is 0 Å². The molecule has 2 aliphatic heterocycles. The van der Waals surface area contributed by atoms with Gasteiger partial charge in [0.15, 0.2) is 0 Å². The van der Waals surface area contributed by atoms with Crippen molar-refractivity contribution >= 4 is 34.2 Å². The van der Waals surface area contributed by atoms with Crippen LogP contribution in [0.4, 0.5) is 11.8 Å². The van der Waals surface area contributed by atoms with E-state index in [2.05, 4.69) is 17.1 Å². The Bertz CT molecular complexity index is 978. The quantitative estimate of drug-likeness (QED) is 0.563. The lowest BCUT2D eigenvalue weighted by atomic mass is 9.87. The Balaban J connectivity index is 1.54. The summed E-state index contributed by atoms with van der Waals surface area (Å²) in [5.74, 6) is 1.98. The predicted molar refractivity (Wildman–Crippen MR) is 133 cm³/mol. The van der Waals surface area contributed by atoms with Gasteiger partial charge < -0.3 is 19.7 Å². The molecule has 1 aromatic carbocycles. The number of methoxy groups -OCH3 is 1. The second-order valence-electron chi connectivity index (χ2n) is 8.71. The van der Waals surface area contributed by atoms with Gasteiger partial charge in [-0.2, -0.15) is 4.98 Å². The summed E-state index contributed by atoms with van der Waals surface area (Å²) in [5.41, 5.74) is 1.59. The minimum Gasteiger partial charge on any atom is -0.381 e. The maximum absolute atomic E-state index is 12.7. The number of nitrogens with one attached hydrogen (secondary N) is 1. The second-order valence-corrected chi connectivity index (χ2v) is 10.7. The van der Waals surface area contributed by atoms with Gasteiger partial charge in [0.1, 0.15) is 10.7 Å². The first-order valence-electron chi connectivity index (χ1n) is 11.6. The zero-order chi connectivity index (χ0) is 23.4. The Hall–Kier alpha value is -1.74. The van der Waals surface area contributed by atoms with Crippen molar-refractivity contribution in [1.29, 1.82) is 0 Å². The number of hydrogen-bond acceptors (Lipinski definition) is 7. The lowest BCUT2D eigenvalue weighted by molar-refractivity contribution is -0.0238. The third-order valence-corrected chi connectivity index (χ3v) is 8.47. The largest absolute Gasteiger partial charge is 0.381 e. The molecule has 2 unspecified atom stereocenters. The number of fused-ring (bicyclic) bond motifs is 1. The SMILES string of the molecule is CCC(CCN(C)c1nc2c(c(NC3CCOCC3)n1)S(=O)CC2)(OC)c1ccc(Cl)cc1. The van der Waals surface area contributed by atoms with Crippen molar-refractivity contribution in [3.05, 3.63) is 40.5 Å². The lowest BCUT2D eigenvalue weighted by Crippen LogP contribution is -2.34. The highest BCUT2D eigenvalue weighted by atomic mass is 35.5. The zero-order valence-electron chi connectivity index (χ0n) is 19.6. The number of ether oxygens (including phenoxy) is 2. The molecule has 0 amide bonds. The highest BCUT2D eigenvalue weighted by molar-refractivity contribution is 7.85. The van der Waals surface area contributed by atoms with Crippen LogP contribution in [0.3, 0.4) is 0 Å². The van der Waals surface area contributed by atoms with Crippen LogP contribution in [0, 0.1) is 0 Å². The Labute approximate surface area is 203 Å². The van der Waals surface area contributed by atoms with Crippen LogP contribution in [-0.4, -0.2) is 59.9 Å². The van der Waals surface area contributed by atoms with Gasteiger partial charge in [0.05, 0.1) is 22.1 Å². The summed E-state index contributed by atoms with van der Waals surface area (Å²) in [6.45, 7) is 4.32. The van der Waals surface area contributed by atoms with E-state index in [9.17, 15) is 4.21 Å². The topological polar surface area (TPSA) is 76.6 Å². The zero-order valence-corrected chi connectivity index (χ0v) is 21.2. The molecule has 1 saturated heterocycles. The number of benzene rings is 1. The molecular formula is C24H33ClN4O3S. The van der Waals surface area contributed by atoms with Crippen LogP contribution in [0.15, 0.2) is 29.2 Å². The first-order valence-corrected chi connectivity index (χ1v) is 13.3. The van der Waals surface area contributed by atoms with Gasteiger partial charge in [-0.05, 0) is 43.4 Å². The molecule has 4 rings (SSSR count). The molecular weight excluding hydrogens is 460 g/mol. The predicted octanol–water partition coefficient (Wildman–Crippen LogP) is 4.16. The molecule has 9 heteroatoms. The molecule has 1 fully saturated rings. The lowest BCUT2D eigenvalue weighted by Gasteiger charge is -2.34. The van der Waals surface area contributed by atoms with Crippen molar-refractivity contribution < 1.29 is 13.7 Å². The number of anilines is 2. The molecule has 0 aliphatic carbocycles. The van der Waals surface area contributed by atoms with E-state index in [4.69, 9.17) is 31.0 Å². The Morgan fingerprint density at radius 2 is 2.00 bits per heavy atom. The van der Waals surface area contributed by atoms with Crippen molar-refractivity contribution in [2.75, 3.05) is 49.9 Å². The Kier molecular flexibility index (Phi) is 7.89. The van der Waals surface area contributed by atoms with Gasteiger partial charge in [-0.15, -0.1) is 0 Å². The third-order valence-electron chi connectivity index (χ3n) is 6.76. The van der Waals surface area contributed by atoms with Crippen molar-refractivity contribution in [3.63, 3.8) is 0 Å². The minimum absolute atomic E-state index is 0.277. The van der Waals surface area contributed by atoms with Crippen LogP contribution in [-0.2, 0) is 32.3 Å². The summed E-state index contributed by atoms with van der Waals surface area (Å²) >= 11 is 6.10. The number of hydrogen-bond donors (Lipinski definition) is 1. The molecule has 0 radical (unpaired) electrons. The normalized spacial score (nSPS) is 20.3. The molecule has 2 atom stereocenters. The smallest absolute Gasteiger partial charge is 0.227 e. The monoisotopic (exact) mass is 492 g/mol. The first-order chi connectivity index (χ1) is 16.0. The molecule has 0 saturated carbocycles. The standard InChI is InChI=1S/C24H33ClN4O3S/c1-4-24(31-3,17-5-7-18(25)8-6-17)12-13-29(2)23-27-20-11-16-33(30)21(20)22(28-23)26-19-9-14-32-15-10-19/h5-8,19H,4,9-16H2,1-3H3,(H,26,27,28). The summed E-state index contributed by atoms with van der Waals surface area (Å²) in [7, 11) is 2.71. The summed E-state index contributed by atoms with van der Waals surface area (Å²) < 4.78 is 24.2. The van der Waals surface area contributed by atoms with Crippen LogP contribution in [0.1, 0.15) is 43.9 Å². The third kappa shape index (κ3) is 5.34. The van der Waals surface area contributed by atoms with Crippen LogP contribution in [0.25, 0.3) is 0 Å².